The van der Waals surface area contributed by atoms with Crippen molar-refractivity contribution in [2.24, 2.45) is 0 Å². The van der Waals surface area contributed by atoms with Gasteiger partial charge in [-0.05, 0) is 25.8 Å². The van der Waals surface area contributed by atoms with Crippen molar-refractivity contribution in [1.82, 2.24) is 0 Å². The highest BCUT2D eigenvalue weighted by Crippen LogP contribution is 2.34. The number of carbonyl (C=O) groups is 1. The maximum absolute atomic E-state index is 13.6. The summed E-state index contributed by atoms with van der Waals surface area (Å²) in [4.78, 5) is 22.8. The van der Waals surface area contributed by atoms with Crippen molar-refractivity contribution in [2.75, 3.05) is 18.0 Å². The highest BCUT2D eigenvalue weighted by atomic mass is 19.1. The second kappa shape index (κ2) is 5.28. The summed E-state index contributed by atoms with van der Waals surface area (Å²) in [7, 11) is 0. The van der Waals surface area contributed by atoms with Gasteiger partial charge in [0.2, 0.25) is 0 Å². The average molecular weight is 298 g/mol. The number of anilines is 1. The zero-order valence-electron chi connectivity index (χ0n) is 11.4. The Kier molecular flexibility index (Phi) is 3.82. The van der Waals surface area contributed by atoms with E-state index in [9.17, 15) is 24.4 Å². The van der Waals surface area contributed by atoms with E-state index in [0.717, 1.165) is 6.07 Å². The number of piperidine rings is 1. The number of carboxylic acid groups (broad SMARTS) is 1. The Morgan fingerprint density at radius 3 is 2.71 bits per heavy atom. The molecule has 1 atom stereocenters. The topological polar surface area (TPSA) is 104 Å². The van der Waals surface area contributed by atoms with Crippen LogP contribution in [-0.2, 0) is 0 Å². The summed E-state index contributed by atoms with van der Waals surface area (Å²) in [5, 5.41) is 30.1. The first-order chi connectivity index (χ1) is 9.71. The fourth-order valence-corrected chi connectivity index (χ4v) is 2.54. The standard InChI is InChI=1S/C13H15FN2O5/c1-13(19)3-2-4-15(7-13)10-5-8(12(17)18)9(14)6-11(10)16(20)21/h5-6,19H,2-4,7H2,1H3,(H,17,18). The molecule has 2 N–H and O–H groups in total. The molecule has 0 amide bonds. The Labute approximate surface area is 119 Å². The smallest absolute Gasteiger partial charge is 0.338 e. The first-order valence-corrected chi connectivity index (χ1v) is 6.40. The molecule has 0 aliphatic carbocycles. The molecule has 7 nitrogen and oxygen atoms in total. The monoisotopic (exact) mass is 298 g/mol. The van der Waals surface area contributed by atoms with E-state index in [2.05, 4.69) is 0 Å². The molecule has 1 saturated heterocycles. The van der Waals surface area contributed by atoms with Crippen molar-refractivity contribution in [3.63, 3.8) is 0 Å². The molecule has 1 aliphatic heterocycles. The van der Waals surface area contributed by atoms with Gasteiger partial charge >= 0.3 is 5.97 Å². The van der Waals surface area contributed by atoms with Gasteiger partial charge in [-0.25, -0.2) is 9.18 Å². The molecule has 8 heteroatoms. The Hall–Kier alpha value is -2.22. The van der Waals surface area contributed by atoms with Gasteiger partial charge in [-0.1, -0.05) is 0 Å². The molecule has 114 valence electrons. The zero-order valence-corrected chi connectivity index (χ0v) is 11.4. The van der Waals surface area contributed by atoms with Crippen LogP contribution in [0.1, 0.15) is 30.1 Å². The number of nitro groups is 1. The van der Waals surface area contributed by atoms with Crippen LogP contribution in [-0.4, -0.2) is 39.8 Å². The minimum absolute atomic E-state index is 0.0128. The summed E-state index contributed by atoms with van der Waals surface area (Å²) < 4.78 is 13.6. The summed E-state index contributed by atoms with van der Waals surface area (Å²) >= 11 is 0. The molecule has 1 fully saturated rings. The van der Waals surface area contributed by atoms with Gasteiger partial charge in [-0.2, -0.15) is 0 Å². The lowest BCUT2D eigenvalue weighted by Gasteiger charge is -2.38. The predicted molar refractivity (Wildman–Crippen MR) is 72.1 cm³/mol. The molecular weight excluding hydrogens is 283 g/mol. The number of nitro benzene ring substituents is 1. The normalized spacial score (nSPS) is 22.1. The first-order valence-electron chi connectivity index (χ1n) is 6.40. The fraction of sp³-hybridized carbons (Fsp3) is 0.462. The molecular formula is C13H15FN2O5. The molecule has 1 heterocycles. The Morgan fingerprint density at radius 1 is 1.52 bits per heavy atom. The van der Waals surface area contributed by atoms with Gasteiger partial charge in [-0.15, -0.1) is 0 Å². The van der Waals surface area contributed by atoms with Crippen LogP contribution in [0.25, 0.3) is 0 Å². The maximum atomic E-state index is 13.6. The third-order valence-electron chi connectivity index (χ3n) is 3.51. The van der Waals surface area contributed by atoms with Crippen LogP contribution in [0, 0.1) is 15.9 Å². The molecule has 1 unspecified atom stereocenters. The van der Waals surface area contributed by atoms with Gasteiger partial charge in [0.05, 0.1) is 22.2 Å². The van der Waals surface area contributed by atoms with E-state index in [1.54, 1.807) is 6.92 Å². The molecule has 21 heavy (non-hydrogen) atoms. The second-order valence-electron chi connectivity index (χ2n) is 5.41. The Bertz CT molecular complexity index is 602. The number of aliphatic hydroxyl groups is 1. The van der Waals surface area contributed by atoms with Crippen LogP contribution >= 0.6 is 0 Å². The number of β-amino-alcohol motifs (C(OH)–C–C–N with tert-alkyl or cyclic N) is 1. The molecule has 1 aromatic carbocycles. The summed E-state index contributed by atoms with van der Waals surface area (Å²) in [6, 6.07) is 1.57. The minimum atomic E-state index is -1.49. The highest BCUT2D eigenvalue weighted by molar-refractivity contribution is 5.90. The van der Waals surface area contributed by atoms with E-state index < -0.39 is 33.6 Å². The van der Waals surface area contributed by atoms with Crippen molar-refractivity contribution in [1.29, 1.82) is 0 Å². The van der Waals surface area contributed by atoms with E-state index in [1.165, 1.54) is 4.90 Å². The van der Waals surface area contributed by atoms with E-state index in [-0.39, 0.29) is 12.2 Å². The molecule has 1 aromatic rings. The van der Waals surface area contributed by atoms with E-state index in [1.807, 2.05) is 0 Å². The van der Waals surface area contributed by atoms with Crippen molar-refractivity contribution in [2.45, 2.75) is 25.4 Å². The van der Waals surface area contributed by atoms with Crippen LogP contribution in [0.5, 0.6) is 0 Å². The molecule has 0 saturated carbocycles. The number of halogens is 1. The van der Waals surface area contributed by atoms with Crippen molar-refractivity contribution in [3.05, 3.63) is 33.6 Å². The van der Waals surface area contributed by atoms with Gasteiger partial charge < -0.3 is 15.1 Å². The third-order valence-corrected chi connectivity index (χ3v) is 3.51. The number of nitrogens with zero attached hydrogens (tertiary/aromatic N) is 2. The second-order valence-corrected chi connectivity index (χ2v) is 5.41. The zero-order chi connectivity index (χ0) is 15.8. The number of aromatic carboxylic acids is 1. The lowest BCUT2D eigenvalue weighted by Crippen LogP contribution is -2.46. The number of rotatable bonds is 3. The lowest BCUT2D eigenvalue weighted by atomic mass is 9.94. The summed E-state index contributed by atoms with van der Waals surface area (Å²) in [6.07, 6.45) is 1.15. The summed E-state index contributed by atoms with van der Waals surface area (Å²) in [6.45, 7) is 2.16. The summed E-state index contributed by atoms with van der Waals surface area (Å²) in [5.41, 5.74) is -2.14. The third kappa shape index (κ3) is 3.10. The molecule has 0 bridgehead atoms. The molecule has 2 rings (SSSR count). The quantitative estimate of drug-likeness (QED) is 0.651. The Morgan fingerprint density at radius 2 is 2.19 bits per heavy atom. The SMILES string of the molecule is CC1(O)CCCN(c2cc(C(=O)O)c(F)cc2[N+](=O)[O-])C1. The molecule has 1 aliphatic rings. The number of carboxylic acids is 1. The van der Waals surface area contributed by atoms with Crippen LogP contribution in [0.3, 0.4) is 0 Å². The number of benzene rings is 1. The fourth-order valence-electron chi connectivity index (χ4n) is 2.54. The van der Waals surface area contributed by atoms with E-state index in [4.69, 9.17) is 5.11 Å². The van der Waals surface area contributed by atoms with Gasteiger partial charge in [0.15, 0.2) is 0 Å². The van der Waals surface area contributed by atoms with Gasteiger partial charge in [-0.3, -0.25) is 10.1 Å². The van der Waals surface area contributed by atoms with E-state index in [0.29, 0.717) is 25.5 Å². The van der Waals surface area contributed by atoms with Crippen LogP contribution in [0.4, 0.5) is 15.8 Å². The summed E-state index contributed by atoms with van der Waals surface area (Å²) in [5.74, 6) is -2.64. The lowest BCUT2D eigenvalue weighted by molar-refractivity contribution is -0.384. The average Bonchev–Trinajstić information content (AvgIpc) is 2.36. The van der Waals surface area contributed by atoms with Gasteiger partial charge in [0.25, 0.3) is 5.69 Å². The highest BCUT2D eigenvalue weighted by Gasteiger charge is 2.33. The van der Waals surface area contributed by atoms with E-state index >= 15 is 0 Å². The first kappa shape index (κ1) is 15.2. The number of hydrogen-bond donors (Lipinski definition) is 2. The van der Waals surface area contributed by atoms with Crippen LogP contribution in [0.15, 0.2) is 12.1 Å². The molecule has 0 spiro atoms. The largest absolute Gasteiger partial charge is 0.478 e. The van der Waals surface area contributed by atoms with Crippen LogP contribution in [0.2, 0.25) is 0 Å². The van der Waals surface area contributed by atoms with Gasteiger partial charge in [0, 0.05) is 13.1 Å². The number of hydrogen-bond acceptors (Lipinski definition) is 5. The van der Waals surface area contributed by atoms with Crippen molar-refractivity contribution < 1.29 is 24.3 Å². The van der Waals surface area contributed by atoms with Crippen molar-refractivity contribution >= 4 is 17.3 Å². The van der Waals surface area contributed by atoms with Crippen molar-refractivity contribution in [3.8, 4) is 0 Å². The maximum Gasteiger partial charge on any atom is 0.338 e. The molecule has 0 aromatic heterocycles. The van der Waals surface area contributed by atoms with Crippen LogP contribution < -0.4 is 4.90 Å². The minimum Gasteiger partial charge on any atom is -0.478 e. The predicted octanol–water partition coefficient (Wildman–Crippen LogP) is 1.78. The molecule has 0 radical (unpaired) electrons. The Balaban J connectivity index is 2.52. The van der Waals surface area contributed by atoms with Gasteiger partial charge in [0.1, 0.15) is 11.5 Å².